The average Bonchev–Trinajstić information content (AvgIpc) is 3.16. The Bertz CT molecular complexity index is 1200. The van der Waals surface area contributed by atoms with Crippen LogP contribution in [0.1, 0.15) is 63.9 Å². The Kier molecular flexibility index (Phi) is 10.3. The fourth-order valence-electron chi connectivity index (χ4n) is 6.45. The number of aliphatic hydroxyl groups excluding tert-OH is 1. The van der Waals surface area contributed by atoms with E-state index in [1.807, 2.05) is 19.1 Å². The van der Waals surface area contributed by atoms with Crippen molar-refractivity contribution in [1.82, 2.24) is 4.90 Å². The molecule has 0 spiro atoms. The van der Waals surface area contributed by atoms with Crippen molar-refractivity contribution in [2.45, 2.75) is 70.7 Å². The number of aromatic hydroxyl groups is 1. The predicted molar refractivity (Wildman–Crippen MR) is 153 cm³/mol. The molecule has 1 aliphatic carbocycles. The predicted octanol–water partition coefficient (Wildman–Crippen LogP) is 4.16. The van der Waals surface area contributed by atoms with Gasteiger partial charge in [-0.15, -0.1) is 0 Å². The van der Waals surface area contributed by atoms with Gasteiger partial charge in [-0.25, -0.2) is 0 Å². The third kappa shape index (κ3) is 6.70. The van der Waals surface area contributed by atoms with Gasteiger partial charge < -0.3 is 25.0 Å². The second kappa shape index (κ2) is 13.5. The number of likely N-dealkylation sites (tertiary alicyclic amines) is 1. The maximum atomic E-state index is 13.5. The van der Waals surface area contributed by atoms with Gasteiger partial charge in [0.25, 0.3) is 0 Å². The van der Waals surface area contributed by atoms with E-state index >= 15 is 0 Å². The summed E-state index contributed by atoms with van der Waals surface area (Å²) in [4.78, 5) is 38.9. The number of allylic oxidation sites excluding steroid dienone is 1. The van der Waals surface area contributed by atoms with Crippen molar-refractivity contribution in [1.29, 1.82) is 0 Å². The third-order valence-corrected chi connectivity index (χ3v) is 8.89. The average molecular weight is 618 g/mol. The van der Waals surface area contributed by atoms with Crippen LogP contribution in [0, 0.1) is 17.8 Å². The Labute approximate surface area is 243 Å². The van der Waals surface area contributed by atoms with Gasteiger partial charge in [-0.3, -0.25) is 19.3 Å². The smallest absolute Gasteiger partial charge is 0.455 e. The van der Waals surface area contributed by atoms with E-state index in [1.165, 1.54) is 4.90 Å². The Morgan fingerprint density at radius 2 is 1.95 bits per heavy atom. The lowest BCUT2D eigenvalue weighted by molar-refractivity contribution is -0.141. The number of nitrogens with zero attached hydrogens (tertiary/aromatic N) is 1. The molecule has 1 aromatic rings. The van der Waals surface area contributed by atoms with Crippen molar-refractivity contribution in [3.63, 3.8) is 0 Å². The summed E-state index contributed by atoms with van der Waals surface area (Å²) in [5, 5.41) is 40.1. The monoisotopic (exact) mass is 617 g/mol. The third-order valence-electron chi connectivity index (χ3n) is 8.39. The fraction of sp³-hybridized carbons (Fsp3) is 0.552. The minimum absolute atomic E-state index is 0.0562. The van der Waals surface area contributed by atoms with E-state index in [0.717, 1.165) is 22.0 Å². The first-order chi connectivity index (χ1) is 19.1. The van der Waals surface area contributed by atoms with Gasteiger partial charge in [-0.2, -0.15) is 0 Å². The van der Waals surface area contributed by atoms with Crippen molar-refractivity contribution in [2.75, 3.05) is 13.2 Å². The summed E-state index contributed by atoms with van der Waals surface area (Å²) in [7, 11) is -1.09. The maximum Gasteiger partial charge on any atom is 0.455 e. The van der Waals surface area contributed by atoms with Gasteiger partial charge in [-0.1, -0.05) is 40.9 Å². The Morgan fingerprint density at radius 3 is 2.65 bits per heavy atom. The number of unbranched alkanes of at least 4 members (excludes halogenated alkanes) is 2. The minimum atomic E-state index is -1.09. The van der Waals surface area contributed by atoms with Crippen molar-refractivity contribution < 1.29 is 39.4 Å². The molecule has 216 valence electrons. The van der Waals surface area contributed by atoms with Gasteiger partial charge in [0.1, 0.15) is 5.75 Å². The number of rotatable bonds is 12. The van der Waals surface area contributed by atoms with Gasteiger partial charge >= 0.3 is 13.1 Å². The second-order valence-electron chi connectivity index (χ2n) is 10.9. The van der Waals surface area contributed by atoms with Crippen molar-refractivity contribution in [3.05, 3.63) is 45.0 Å². The summed E-state index contributed by atoms with van der Waals surface area (Å²) in [5.41, 5.74) is 3.32. The van der Waals surface area contributed by atoms with Gasteiger partial charge in [0.15, 0.2) is 0 Å². The first kappa shape index (κ1) is 30.5. The Hall–Kier alpha value is -2.47. The molecule has 11 heteroatoms. The molecule has 2 fully saturated rings. The number of carbonyl (C=O) groups is 3. The highest BCUT2D eigenvalue weighted by Gasteiger charge is 2.57. The summed E-state index contributed by atoms with van der Waals surface area (Å²) in [6.07, 6.45) is 5.49. The number of benzene rings is 1. The van der Waals surface area contributed by atoms with Crippen LogP contribution in [0.5, 0.6) is 5.75 Å². The highest BCUT2D eigenvalue weighted by Crippen LogP contribution is 2.50. The summed E-state index contributed by atoms with van der Waals surface area (Å²) in [6, 6.07) is 5.24. The van der Waals surface area contributed by atoms with Gasteiger partial charge in [0, 0.05) is 23.0 Å². The number of carboxylic acid groups (broad SMARTS) is 1. The number of carboxylic acids is 1. The van der Waals surface area contributed by atoms with Crippen LogP contribution in [0.25, 0.3) is 6.08 Å². The van der Waals surface area contributed by atoms with Crippen LogP contribution < -0.4 is 0 Å². The Morgan fingerprint density at radius 1 is 1.18 bits per heavy atom. The molecule has 3 aliphatic rings. The molecular formula is C29H37BBrNO8. The molecule has 0 saturated carbocycles. The number of aliphatic carboxylic acids is 1. The largest absolute Gasteiger partial charge is 0.507 e. The van der Waals surface area contributed by atoms with Crippen LogP contribution in [-0.2, 0) is 19.0 Å². The van der Waals surface area contributed by atoms with Crippen LogP contribution in [0.15, 0.2) is 39.4 Å². The second-order valence-corrected chi connectivity index (χ2v) is 11.8. The highest BCUT2D eigenvalue weighted by atomic mass is 79.9. The van der Waals surface area contributed by atoms with Gasteiger partial charge in [0.05, 0.1) is 24.5 Å². The van der Waals surface area contributed by atoms with E-state index in [-0.39, 0.29) is 49.9 Å². The number of aliphatic hydroxyl groups is 1. The van der Waals surface area contributed by atoms with Crippen molar-refractivity contribution in [3.8, 4) is 5.75 Å². The molecule has 4 N–H and O–H groups in total. The van der Waals surface area contributed by atoms with E-state index < -0.39 is 36.9 Å². The molecule has 9 nitrogen and oxygen atoms in total. The summed E-state index contributed by atoms with van der Waals surface area (Å²) in [6.45, 7) is 2.03. The van der Waals surface area contributed by atoms with Crippen LogP contribution in [0.3, 0.4) is 0 Å². The van der Waals surface area contributed by atoms with E-state index in [0.29, 0.717) is 43.2 Å². The molecule has 0 radical (unpaired) electrons. The molecular weight excluding hydrogens is 581 g/mol. The number of amides is 2. The zero-order valence-electron chi connectivity index (χ0n) is 22.7. The molecule has 4 rings (SSSR count). The van der Waals surface area contributed by atoms with Crippen molar-refractivity contribution >= 4 is 46.9 Å². The summed E-state index contributed by atoms with van der Waals surface area (Å²) >= 11 is 3.44. The first-order valence-electron chi connectivity index (χ1n) is 14.1. The topological polar surface area (TPSA) is 145 Å². The number of hydrogen-bond donors (Lipinski definition) is 4. The standard InChI is InChI=1S/C29H37BBrNO8/c1-2-17(12-18-13-20(31)8-9-23(18)34)7-10-24-26-19(16-33)14-21-27(22(26)15-30(39)40-24)29(38)32(28(21)37)11-5-3-4-6-25(35)36/h8-9,12-13,21-22,24,27,33-34,39H,2-7,10-11,14-16H2,1H3,(H,35,36)/b17-12+/t21-,22+,24-,27-/m1/s1. The van der Waals surface area contributed by atoms with Crippen molar-refractivity contribution in [2.24, 2.45) is 17.8 Å². The maximum absolute atomic E-state index is 13.5. The number of imide groups is 1. The molecule has 0 unspecified atom stereocenters. The number of phenols is 1. The van der Waals surface area contributed by atoms with Gasteiger partial charge in [-0.05, 0) is 80.1 Å². The molecule has 2 amide bonds. The van der Waals surface area contributed by atoms with Crippen LogP contribution in [0.4, 0.5) is 0 Å². The lowest BCUT2D eigenvalue weighted by Gasteiger charge is -2.43. The van der Waals surface area contributed by atoms with E-state index in [2.05, 4.69) is 15.9 Å². The van der Waals surface area contributed by atoms with E-state index in [1.54, 1.807) is 12.1 Å². The number of phenolic OH excluding ortho intramolecular Hbond substituents is 1. The molecule has 0 bridgehead atoms. The molecule has 4 atom stereocenters. The van der Waals surface area contributed by atoms with Gasteiger partial charge in [0.2, 0.25) is 11.8 Å². The quantitative estimate of drug-likeness (QED) is 0.118. The lowest BCUT2D eigenvalue weighted by Crippen LogP contribution is -2.46. The first-order valence-corrected chi connectivity index (χ1v) is 14.8. The number of fused-ring (bicyclic) bond motifs is 3. The molecule has 2 saturated heterocycles. The number of hydrogen-bond acceptors (Lipinski definition) is 7. The fourth-order valence-corrected chi connectivity index (χ4v) is 6.83. The summed E-state index contributed by atoms with van der Waals surface area (Å²) < 4.78 is 6.82. The lowest BCUT2D eigenvalue weighted by atomic mass is 9.58. The van der Waals surface area contributed by atoms with Crippen LogP contribution >= 0.6 is 15.9 Å². The highest BCUT2D eigenvalue weighted by molar-refractivity contribution is 9.10. The van der Waals surface area contributed by atoms with Crippen LogP contribution in [0.2, 0.25) is 6.32 Å². The van der Waals surface area contributed by atoms with Crippen LogP contribution in [-0.4, -0.2) is 69.4 Å². The van der Waals surface area contributed by atoms with E-state index in [4.69, 9.17) is 9.76 Å². The Balaban J connectivity index is 1.51. The molecule has 2 aliphatic heterocycles. The molecule has 1 aromatic carbocycles. The molecule has 40 heavy (non-hydrogen) atoms. The number of halogens is 1. The SMILES string of the molecule is CC/C(=C\c1cc(Br)ccc1O)CC[C@H]1OB(O)C[C@H]2C1=C(CO)C[C@H]1C(=O)N(CCCCCC(=O)O)C(=O)[C@H]12. The minimum Gasteiger partial charge on any atom is -0.507 e. The zero-order valence-corrected chi connectivity index (χ0v) is 24.3. The normalized spacial score (nSPS) is 24.9. The van der Waals surface area contributed by atoms with E-state index in [9.17, 15) is 29.6 Å². The summed E-state index contributed by atoms with van der Waals surface area (Å²) in [5.74, 6) is -2.75. The molecule has 0 aromatic heterocycles. The number of carbonyl (C=O) groups excluding carboxylic acids is 2. The molecule has 2 heterocycles. The zero-order chi connectivity index (χ0) is 29.0.